The number of aliphatic hydroxyl groups is 1. The number of thiazole rings is 1. The molecule has 2 aliphatic heterocycles. The summed E-state index contributed by atoms with van der Waals surface area (Å²) in [6.07, 6.45) is -0.749. The second-order valence-corrected chi connectivity index (χ2v) is 16.1. The van der Waals surface area contributed by atoms with Gasteiger partial charge in [0.1, 0.15) is 12.1 Å². The molecule has 4 aromatic rings. The number of nitrogen functional groups attached to an aromatic ring is 2. The Morgan fingerprint density at radius 2 is 1.70 bits per heavy atom. The van der Waals surface area contributed by atoms with Crippen LogP contribution in [0.3, 0.4) is 0 Å². The Kier molecular flexibility index (Phi) is 11.5. The van der Waals surface area contributed by atoms with Crippen LogP contribution in [0.15, 0.2) is 60.1 Å². The molecule has 0 bridgehead atoms. The molecule has 2 aromatic carbocycles. The maximum atomic E-state index is 14.2. The van der Waals surface area contributed by atoms with Gasteiger partial charge in [0, 0.05) is 50.4 Å². The van der Waals surface area contributed by atoms with Gasteiger partial charge in [-0.1, -0.05) is 63.2 Å². The fourth-order valence-corrected chi connectivity index (χ4v) is 7.89. The highest BCUT2D eigenvalue weighted by Gasteiger charge is 2.45. The van der Waals surface area contributed by atoms with Crippen molar-refractivity contribution >= 4 is 46.3 Å². The van der Waals surface area contributed by atoms with Crippen LogP contribution in [-0.4, -0.2) is 105 Å². The number of hydrogen-bond donors (Lipinski definition) is 5. The van der Waals surface area contributed by atoms with Gasteiger partial charge in [-0.3, -0.25) is 19.3 Å². The summed E-state index contributed by atoms with van der Waals surface area (Å²) < 4.78 is 0. The van der Waals surface area contributed by atoms with Gasteiger partial charge in [0.05, 0.1) is 46.2 Å². The van der Waals surface area contributed by atoms with E-state index in [1.165, 1.54) is 4.90 Å². The fourth-order valence-electron chi connectivity index (χ4n) is 7.08. The van der Waals surface area contributed by atoms with Crippen molar-refractivity contribution in [2.75, 3.05) is 55.6 Å². The number of carbonyl (C=O) groups is 3. The number of aliphatic hydroxyl groups excluding tert-OH is 1. The zero-order valence-electron chi connectivity index (χ0n) is 31.5. The Morgan fingerprint density at radius 3 is 2.35 bits per heavy atom. The number of nitrogens with one attached hydrogen (secondary N) is 2. The highest BCUT2D eigenvalue weighted by Crippen LogP contribution is 2.31. The van der Waals surface area contributed by atoms with Crippen molar-refractivity contribution in [1.29, 1.82) is 0 Å². The zero-order valence-corrected chi connectivity index (χ0v) is 32.3. The summed E-state index contributed by atoms with van der Waals surface area (Å²) in [5, 5.41) is 25.1. The van der Waals surface area contributed by atoms with E-state index in [-0.39, 0.29) is 37.4 Å². The first kappa shape index (κ1) is 38.6. The van der Waals surface area contributed by atoms with E-state index in [1.807, 2.05) is 99.6 Å². The molecule has 4 heterocycles. The Bertz CT molecular complexity index is 1970. The number of β-amino-alcohol motifs (C(OH)–C–C–N with tert-alkyl or cyclic N) is 1. The molecule has 3 amide bonds. The number of benzene rings is 2. The lowest BCUT2D eigenvalue weighted by molar-refractivity contribution is -0.144. The predicted molar refractivity (Wildman–Crippen MR) is 211 cm³/mol. The third kappa shape index (κ3) is 8.64. The number of anilines is 3. The molecule has 0 unspecified atom stereocenters. The molecule has 0 radical (unpaired) electrons. The van der Waals surface area contributed by atoms with Gasteiger partial charge in [-0.25, -0.2) is 4.98 Å². The zero-order chi connectivity index (χ0) is 38.7. The first-order valence-electron chi connectivity index (χ1n) is 18.2. The molecule has 286 valence electrons. The number of para-hydroxylation sites is 1. The lowest BCUT2D eigenvalue weighted by Crippen LogP contribution is -2.59. The largest absolute Gasteiger partial charge is 0.398 e. The molecule has 14 nitrogen and oxygen atoms in total. The Labute approximate surface area is 319 Å². The van der Waals surface area contributed by atoms with Crippen LogP contribution in [-0.2, 0) is 14.4 Å². The quantitative estimate of drug-likeness (QED) is 0.149. The average molecular weight is 755 g/mol. The number of rotatable bonds is 10. The molecule has 7 N–H and O–H groups in total. The minimum atomic E-state index is -0.918. The molecule has 4 atom stereocenters. The van der Waals surface area contributed by atoms with E-state index < -0.39 is 29.5 Å². The number of aromatic nitrogens is 3. The molecule has 2 fully saturated rings. The topological polar surface area (TPSA) is 196 Å². The van der Waals surface area contributed by atoms with E-state index in [0.717, 1.165) is 32.9 Å². The van der Waals surface area contributed by atoms with Crippen molar-refractivity contribution < 1.29 is 19.5 Å². The standard InChI is InChI=1S/C39H50N10O4S/c1-23(25-10-12-26(13-11-25)34-24(2)42-22-54-34)43-37(52)32-18-27(50)20-49(32)38(53)35(39(3,4)5)44-33(51)21-47-14-16-48(17-15-47)31-19-30(45-46-36(31)41)28-8-6-7-9-29(28)40/h6-13,19,22-23,27,32,35,50H,14-18,20-21,40H2,1-5H3,(H2,41,46)(H,43,52)(H,44,51)/t23-,27+,32-,35+/m0/s1. The first-order valence-corrected chi connectivity index (χ1v) is 19.1. The highest BCUT2D eigenvalue weighted by molar-refractivity contribution is 7.13. The van der Waals surface area contributed by atoms with Gasteiger partial charge in [0.15, 0.2) is 5.82 Å². The van der Waals surface area contributed by atoms with E-state index >= 15 is 0 Å². The van der Waals surface area contributed by atoms with Gasteiger partial charge < -0.3 is 37.0 Å². The molecule has 54 heavy (non-hydrogen) atoms. The molecule has 0 saturated carbocycles. The molecule has 2 aromatic heterocycles. The van der Waals surface area contributed by atoms with Gasteiger partial charge in [0.25, 0.3) is 0 Å². The van der Waals surface area contributed by atoms with Crippen LogP contribution in [0.2, 0.25) is 0 Å². The number of carbonyl (C=O) groups excluding carboxylic acids is 3. The van der Waals surface area contributed by atoms with Crippen LogP contribution in [0, 0.1) is 12.3 Å². The summed E-state index contributed by atoms with van der Waals surface area (Å²) in [4.78, 5) is 52.3. The first-order chi connectivity index (χ1) is 25.7. The minimum absolute atomic E-state index is 0.00415. The number of amides is 3. The van der Waals surface area contributed by atoms with Crippen molar-refractivity contribution in [3.05, 3.63) is 71.4 Å². The SMILES string of the molecule is Cc1ncsc1-c1ccc([C@H](C)NC(=O)[C@@H]2C[C@@H](O)CN2C(=O)[C@@H](NC(=O)CN2CCN(c3cc(-c4ccccc4N)nnc3N)CC2)C(C)(C)C)cc1. The van der Waals surface area contributed by atoms with Crippen LogP contribution < -0.4 is 27.0 Å². The predicted octanol–water partition coefficient (Wildman–Crippen LogP) is 3.23. The van der Waals surface area contributed by atoms with Crippen LogP contribution in [0.25, 0.3) is 21.7 Å². The third-order valence-electron chi connectivity index (χ3n) is 10.2. The lowest BCUT2D eigenvalue weighted by atomic mass is 9.85. The average Bonchev–Trinajstić information content (AvgIpc) is 3.76. The maximum absolute atomic E-state index is 14.2. The van der Waals surface area contributed by atoms with Crippen LogP contribution in [0.1, 0.15) is 51.4 Å². The third-order valence-corrected chi connectivity index (χ3v) is 11.2. The van der Waals surface area contributed by atoms with Gasteiger partial charge in [-0.2, -0.15) is 0 Å². The van der Waals surface area contributed by atoms with Crippen LogP contribution in [0.4, 0.5) is 17.2 Å². The summed E-state index contributed by atoms with van der Waals surface area (Å²) in [7, 11) is 0. The normalized spacial score (nSPS) is 19.0. The molecular weight excluding hydrogens is 705 g/mol. The second-order valence-electron chi connectivity index (χ2n) is 15.2. The van der Waals surface area contributed by atoms with Gasteiger partial charge in [0.2, 0.25) is 17.7 Å². The number of likely N-dealkylation sites (tertiary alicyclic amines) is 1. The van der Waals surface area contributed by atoms with Gasteiger partial charge in [-0.15, -0.1) is 21.5 Å². The van der Waals surface area contributed by atoms with Crippen molar-refractivity contribution in [3.8, 4) is 21.7 Å². The molecule has 0 spiro atoms. The number of hydrogen-bond acceptors (Lipinski definition) is 12. The Morgan fingerprint density at radius 1 is 1.00 bits per heavy atom. The van der Waals surface area contributed by atoms with Crippen molar-refractivity contribution in [2.24, 2.45) is 5.41 Å². The summed E-state index contributed by atoms with van der Waals surface area (Å²) in [6, 6.07) is 15.2. The molecule has 2 aliphatic rings. The fraction of sp³-hybridized carbons (Fsp3) is 0.436. The van der Waals surface area contributed by atoms with Crippen LogP contribution >= 0.6 is 11.3 Å². The number of aryl methyl sites for hydroxylation is 1. The molecule has 2 saturated heterocycles. The van der Waals surface area contributed by atoms with Crippen LogP contribution in [0.5, 0.6) is 0 Å². The molecule has 0 aliphatic carbocycles. The van der Waals surface area contributed by atoms with Crippen molar-refractivity contribution in [1.82, 2.24) is 35.6 Å². The Hall–Kier alpha value is -5.12. The number of nitrogens with two attached hydrogens (primary N) is 2. The van der Waals surface area contributed by atoms with E-state index in [4.69, 9.17) is 11.5 Å². The summed E-state index contributed by atoms with van der Waals surface area (Å²) in [6.45, 7) is 12.0. The number of piperazine rings is 1. The molecular formula is C39H50N10O4S. The Balaban J connectivity index is 1.06. The summed E-state index contributed by atoms with van der Waals surface area (Å²) in [5.74, 6) is -0.730. The summed E-state index contributed by atoms with van der Waals surface area (Å²) in [5.41, 5.74) is 19.3. The van der Waals surface area contributed by atoms with E-state index in [1.54, 1.807) is 11.3 Å². The smallest absolute Gasteiger partial charge is 0.246 e. The van der Waals surface area contributed by atoms with Crippen molar-refractivity contribution in [2.45, 2.75) is 65.3 Å². The highest BCUT2D eigenvalue weighted by atomic mass is 32.1. The number of nitrogens with zero attached hydrogens (tertiary/aromatic N) is 6. The van der Waals surface area contributed by atoms with Crippen molar-refractivity contribution in [3.63, 3.8) is 0 Å². The maximum Gasteiger partial charge on any atom is 0.246 e. The van der Waals surface area contributed by atoms with E-state index in [9.17, 15) is 19.5 Å². The summed E-state index contributed by atoms with van der Waals surface area (Å²) >= 11 is 1.58. The monoisotopic (exact) mass is 754 g/mol. The minimum Gasteiger partial charge on any atom is -0.398 e. The van der Waals surface area contributed by atoms with Gasteiger partial charge in [-0.05, 0) is 42.5 Å². The van der Waals surface area contributed by atoms with E-state index in [0.29, 0.717) is 43.4 Å². The second kappa shape index (κ2) is 16.1. The van der Waals surface area contributed by atoms with E-state index in [2.05, 4.69) is 30.7 Å². The molecule has 6 rings (SSSR count). The van der Waals surface area contributed by atoms with Gasteiger partial charge >= 0.3 is 0 Å². The molecule has 15 heteroatoms. The lowest BCUT2D eigenvalue weighted by Gasteiger charge is -2.38.